The van der Waals surface area contributed by atoms with Crippen LogP contribution in [0.4, 0.5) is 34.1 Å². The van der Waals surface area contributed by atoms with Gasteiger partial charge in [-0.05, 0) is 111 Å². The fraction of sp³-hybridized carbons (Fsp3) is 0.0833. The maximum atomic E-state index is 2.45. The summed E-state index contributed by atoms with van der Waals surface area (Å²) in [6.07, 6.45) is 0. The number of hydrogen-bond donors (Lipinski definition) is 0. The Morgan fingerprint density at radius 2 is 0.740 bits per heavy atom. The summed E-state index contributed by atoms with van der Waals surface area (Å²) in [5.74, 6) is 0. The molecule has 0 aliphatic heterocycles. The molecule has 0 aliphatic carbocycles. The van der Waals surface area contributed by atoms with Gasteiger partial charge in [-0.2, -0.15) is 0 Å². The zero-order valence-corrected chi connectivity index (χ0v) is 28.8. The Hall–Kier alpha value is -6.12. The first-order valence-electron chi connectivity index (χ1n) is 17.4. The van der Waals surface area contributed by atoms with Gasteiger partial charge in [-0.15, -0.1) is 0 Å². The highest BCUT2D eigenvalue weighted by atomic mass is 15.2. The summed E-state index contributed by atoms with van der Waals surface area (Å²) in [6, 6.07) is 68.1. The fourth-order valence-electron chi connectivity index (χ4n) is 6.95. The molecule has 2 heteroatoms. The molecule has 0 aromatic heterocycles. The van der Waals surface area contributed by atoms with E-state index in [9.17, 15) is 0 Å². The van der Waals surface area contributed by atoms with Crippen molar-refractivity contribution >= 4 is 55.7 Å². The minimum atomic E-state index is -0.123. The van der Waals surface area contributed by atoms with Crippen LogP contribution in [0.2, 0.25) is 0 Å². The van der Waals surface area contributed by atoms with Gasteiger partial charge < -0.3 is 9.80 Å². The Morgan fingerprint density at radius 3 is 1.22 bits per heavy atom. The van der Waals surface area contributed by atoms with Crippen LogP contribution in [0.1, 0.15) is 26.3 Å². The van der Waals surface area contributed by atoms with Crippen LogP contribution in [-0.4, -0.2) is 0 Å². The summed E-state index contributed by atoms with van der Waals surface area (Å²) >= 11 is 0. The molecule has 2 nitrogen and oxygen atoms in total. The van der Waals surface area contributed by atoms with Crippen LogP contribution in [0.15, 0.2) is 188 Å². The zero-order valence-electron chi connectivity index (χ0n) is 28.8. The summed E-state index contributed by atoms with van der Waals surface area (Å²) in [7, 11) is 0. The van der Waals surface area contributed by atoms with Gasteiger partial charge in [0.15, 0.2) is 0 Å². The number of rotatable bonds is 7. The molecule has 0 unspecified atom stereocenters. The van der Waals surface area contributed by atoms with Crippen molar-refractivity contribution in [3.63, 3.8) is 0 Å². The molecule has 0 radical (unpaired) electrons. The Balaban J connectivity index is 1.48. The summed E-state index contributed by atoms with van der Waals surface area (Å²) in [4.78, 5) is 4.86. The highest BCUT2D eigenvalue weighted by Crippen LogP contribution is 2.51. The molecule has 0 bridgehead atoms. The Kier molecular flexibility index (Phi) is 8.14. The second-order valence-corrected chi connectivity index (χ2v) is 13.9. The third-order valence-corrected chi connectivity index (χ3v) is 9.50. The van der Waals surface area contributed by atoms with Gasteiger partial charge in [0.1, 0.15) is 0 Å². The van der Waals surface area contributed by atoms with E-state index in [1.807, 2.05) is 0 Å². The number of anilines is 6. The standard InChI is InChI=1S/C48H40N2/c1-48(2,3)40-33-45(49(41-22-10-5-11-23-41)42-24-12-6-13-25-42)47(35-18-8-4-9-19-35)46(34-40)50(43-26-14-7-15-27-43)44-29-28-38-30-36-20-16-17-21-37(36)31-39(38)32-44/h4-34H,1-3H3. The molecular weight excluding hydrogens is 605 g/mol. The molecule has 0 fully saturated rings. The summed E-state index contributed by atoms with van der Waals surface area (Å²) < 4.78 is 0. The smallest absolute Gasteiger partial charge is 0.0564 e. The fourth-order valence-corrected chi connectivity index (χ4v) is 6.95. The van der Waals surface area contributed by atoms with Crippen LogP contribution < -0.4 is 9.80 Å². The lowest BCUT2D eigenvalue weighted by molar-refractivity contribution is 0.590. The third kappa shape index (κ3) is 6.01. The number of para-hydroxylation sites is 3. The second kappa shape index (κ2) is 13.1. The molecular formula is C48H40N2. The van der Waals surface area contributed by atoms with Crippen LogP contribution >= 0.6 is 0 Å². The Morgan fingerprint density at radius 1 is 0.340 bits per heavy atom. The summed E-state index contributed by atoms with van der Waals surface area (Å²) in [6.45, 7) is 6.92. The second-order valence-electron chi connectivity index (χ2n) is 13.9. The average Bonchev–Trinajstić information content (AvgIpc) is 3.15. The molecule has 8 rings (SSSR count). The first kappa shape index (κ1) is 31.2. The molecule has 0 heterocycles. The largest absolute Gasteiger partial charge is 0.310 e. The Labute approximate surface area is 295 Å². The van der Waals surface area contributed by atoms with Crippen LogP contribution in [0.5, 0.6) is 0 Å². The van der Waals surface area contributed by atoms with Crippen molar-refractivity contribution in [2.75, 3.05) is 9.80 Å². The van der Waals surface area contributed by atoms with Gasteiger partial charge in [0, 0.05) is 28.3 Å². The van der Waals surface area contributed by atoms with Gasteiger partial charge >= 0.3 is 0 Å². The maximum Gasteiger partial charge on any atom is 0.0564 e. The van der Waals surface area contributed by atoms with Crippen molar-refractivity contribution in [1.82, 2.24) is 0 Å². The molecule has 0 saturated carbocycles. The van der Waals surface area contributed by atoms with Crippen molar-refractivity contribution in [1.29, 1.82) is 0 Å². The van der Waals surface area contributed by atoms with E-state index in [1.165, 1.54) is 27.1 Å². The van der Waals surface area contributed by atoms with E-state index in [1.54, 1.807) is 0 Å². The van der Waals surface area contributed by atoms with Crippen molar-refractivity contribution in [2.24, 2.45) is 0 Å². The molecule has 242 valence electrons. The van der Waals surface area contributed by atoms with Crippen LogP contribution in [0.25, 0.3) is 32.7 Å². The minimum Gasteiger partial charge on any atom is -0.310 e. The molecule has 8 aromatic rings. The van der Waals surface area contributed by atoms with E-state index in [4.69, 9.17) is 0 Å². The monoisotopic (exact) mass is 644 g/mol. The van der Waals surface area contributed by atoms with Crippen LogP contribution in [0.3, 0.4) is 0 Å². The van der Waals surface area contributed by atoms with Gasteiger partial charge in [0.2, 0.25) is 0 Å². The highest BCUT2D eigenvalue weighted by Gasteiger charge is 2.28. The third-order valence-electron chi connectivity index (χ3n) is 9.50. The minimum absolute atomic E-state index is 0.123. The predicted octanol–water partition coefficient (Wildman–Crippen LogP) is 13.9. The number of benzene rings is 8. The molecule has 0 atom stereocenters. The highest BCUT2D eigenvalue weighted by molar-refractivity contribution is 6.02. The molecule has 0 amide bonds. The van der Waals surface area contributed by atoms with E-state index in [-0.39, 0.29) is 5.41 Å². The first-order valence-corrected chi connectivity index (χ1v) is 17.4. The SMILES string of the molecule is CC(C)(C)c1cc(N(c2ccccc2)c2ccccc2)c(-c2ccccc2)c(N(c2ccccc2)c2ccc3cc4ccccc4cc3c2)c1. The molecule has 0 aliphatic rings. The van der Waals surface area contributed by atoms with Crippen LogP contribution in [0, 0.1) is 0 Å². The van der Waals surface area contributed by atoms with Gasteiger partial charge in [-0.25, -0.2) is 0 Å². The quantitative estimate of drug-likeness (QED) is 0.159. The average molecular weight is 645 g/mol. The molecule has 50 heavy (non-hydrogen) atoms. The summed E-state index contributed by atoms with van der Waals surface area (Å²) in [5, 5.41) is 4.94. The van der Waals surface area contributed by atoms with E-state index in [0.717, 1.165) is 45.3 Å². The summed E-state index contributed by atoms with van der Waals surface area (Å²) in [5.41, 5.74) is 10.1. The van der Waals surface area contributed by atoms with Gasteiger partial charge in [0.25, 0.3) is 0 Å². The van der Waals surface area contributed by atoms with E-state index in [2.05, 4.69) is 219 Å². The maximum absolute atomic E-state index is 2.45. The van der Waals surface area contributed by atoms with E-state index >= 15 is 0 Å². The van der Waals surface area contributed by atoms with E-state index < -0.39 is 0 Å². The van der Waals surface area contributed by atoms with Crippen molar-refractivity contribution < 1.29 is 0 Å². The van der Waals surface area contributed by atoms with Crippen molar-refractivity contribution in [2.45, 2.75) is 26.2 Å². The lowest BCUT2D eigenvalue weighted by Crippen LogP contribution is -2.19. The molecule has 8 aromatic carbocycles. The number of nitrogens with zero attached hydrogens (tertiary/aromatic N) is 2. The molecule has 0 N–H and O–H groups in total. The van der Waals surface area contributed by atoms with Gasteiger partial charge in [-0.3, -0.25) is 0 Å². The van der Waals surface area contributed by atoms with Gasteiger partial charge in [0.05, 0.1) is 11.4 Å². The predicted molar refractivity (Wildman–Crippen MR) is 215 cm³/mol. The first-order chi connectivity index (χ1) is 24.4. The van der Waals surface area contributed by atoms with Gasteiger partial charge in [-0.1, -0.05) is 136 Å². The van der Waals surface area contributed by atoms with E-state index in [0.29, 0.717) is 0 Å². The normalized spacial score (nSPS) is 11.5. The lowest BCUT2D eigenvalue weighted by atomic mass is 9.84. The molecule has 0 saturated heterocycles. The lowest BCUT2D eigenvalue weighted by Gasteiger charge is -2.35. The van der Waals surface area contributed by atoms with Crippen molar-refractivity contribution in [3.05, 3.63) is 194 Å². The zero-order chi connectivity index (χ0) is 34.1. The van der Waals surface area contributed by atoms with Crippen molar-refractivity contribution in [3.8, 4) is 11.1 Å². The Bertz CT molecular complexity index is 2350. The van der Waals surface area contributed by atoms with Crippen LogP contribution in [-0.2, 0) is 5.41 Å². The number of fused-ring (bicyclic) bond motifs is 2. The molecule has 0 spiro atoms. The topological polar surface area (TPSA) is 6.48 Å². The number of hydrogen-bond acceptors (Lipinski definition) is 2.